The highest BCUT2D eigenvalue weighted by atomic mass is 16.5. The number of aromatic amines is 1. The number of para-hydroxylation sites is 1. The zero-order valence-electron chi connectivity index (χ0n) is 14.0. The number of ether oxygens (including phenoxy) is 1. The molecule has 1 amide bonds. The molecule has 1 aliphatic rings. The number of hydrogen-bond donors (Lipinski definition) is 2. The Hall–Kier alpha value is -2.30. The molecule has 0 spiro atoms. The van der Waals surface area contributed by atoms with E-state index in [1.165, 1.54) is 12.8 Å². The number of nitrogens with one attached hydrogen (secondary N) is 2. The van der Waals surface area contributed by atoms with Gasteiger partial charge < -0.3 is 15.0 Å². The van der Waals surface area contributed by atoms with Crippen molar-refractivity contribution in [3.05, 3.63) is 36.0 Å². The molecule has 1 fully saturated rings. The minimum atomic E-state index is -0.797. The summed E-state index contributed by atoms with van der Waals surface area (Å²) in [6.45, 7) is 1.62. The number of H-pyrrole nitrogens is 1. The first-order chi connectivity index (χ1) is 11.6. The quantitative estimate of drug-likeness (QED) is 0.666. The third-order valence-electron chi connectivity index (χ3n) is 4.66. The van der Waals surface area contributed by atoms with Crippen LogP contribution in [0.4, 0.5) is 0 Å². The van der Waals surface area contributed by atoms with Crippen LogP contribution in [0.15, 0.2) is 30.5 Å². The van der Waals surface area contributed by atoms with Crippen molar-refractivity contribution in [2.75, 3.05) is 0 Å². The molecule has 1 aliphatic carbocycles. The standard InChI is InChI=1S/C19H24N2O3/c1-13(18(22)21-14-8-4-2-3-5-9-14)24-19(23)16-12-20-17-11-7-6-10-15(16)17/h6-7,10-14,20H,2-5,8-9H2,1H3,(H,21,22)/t13-/m0/s1. The molecule has 24 heavy (non-hydrogen) atoms. The van der Waals surface area contributed by atoms with E-state index in [1.54, 1.807) is 13.1 Å². The van der Waals surface area contributed by atoms with Gasteiger partial charge in [-0.1, -0.05) is 43.9 Å². The maximum Gasteiger partial charge on any atom is 0.341 e. The van der Waals surface area contributed by atoms with Crippen LogP contribution < -0.4 is 5.32 Å². The van der Waals surface area contributed by atoms with Gasteiger partial charge >= 0.3 is 5.97 Å². The largest absolute Gasteiger partial charge is 0.449 e. The van der Waals surface area contributed by atoms with Crippen LogP contribution in [0.25, 0.3) is 10.9 Å². The van der Waals surface area contributed by atoms with E-state index in [0.29, 0.717) is 5.56 Å². The monoisotopic (exact) mass is 328 g/mol. The summed E-state index contributed by atoms with van der Waals surface area (Å²) in [6.07, 6.45) is 7.61. The highest BCUT2D eigenvalue weighted by molar-refractivity contribution is 6.04. The van der Waals surface area contributed by atoms with E-state index >= 15 is 0 Å². The Morgan fingerprint density at radius 1 is 1.17 bits per heavy atom. The predicted octanol–water partition coefficient (Wildman–Crippen LogP) is 3.55. The molecule has 5 heteroatoms. The maximum absolute atomic E-state index is 12.4. The molecule has 0 aliphatic heterocycles. The molecule has 5 nitrogen and oxygen atoms in total. The van der Waals surface area contributed by atoms with Gasteiger partial charge in [0.15, 0.2) is 6.10 Å². The summed E-state index contributed by atoms with van der Waals surface area (Å²) in [5.74, 6) is -0.689. The van der Waals surface area contributed by atoms with E-state index in [0.717, 1.165) is 36.6 Å². The Labute approximate surface area is 141 Å². The number of aromatic nitrogens is 1. The van der Waals surface area contributed by atoms with Gasteiger partial charge in [0, 0.05) is 23.1 Å². The third kappa shape index (κ3) is 3.78. The zero-order chi connectivity index (χ0) is 16.9. The van der Waals surface area contributed by atoms with Crippen LogP contribution in [0.3, 0.4) is 0 Å². The summed E-state index contributed by atoms with van der Waals surface area (Å²) in [5.41, 5.74) is 1.33. The van der Waals surface area contributed by atoms with Gasteiger partial charge in [0.25, 0.3) is 5.91 Å². The van der Waals surface area contributed by atoms with Crippen LogP contribution in [0.2, 0.25) is 0 Å². The van der Waals surface area contributed by atoms with E-state index in [9.17, 15) is 9.59 Å². The molecule has 0 saturated heterocycles. The van der Waals surface area contributed by atoms with Gasteiger partial charge in [-0.2, -0.15) is 0 Å². The lowest BCUT2D eigenvalue weighted by atomic mass is 10.1. The molecular formula is C19H24N2O3. The minimum absolute atomic E-state index is 0.203. The molecule has 1 aromatic heterocycles. The average Bonchev–Trinajstić information content (AvgIpc) is 2.85. The lowest BCUT2D eigenvalue weighted by molar-refractivity contribution is -0.129. The average molecular weight is 328 g/mol. The molecular weight excluding hydrogens is 304 g/mol. The van der Waals surface area contributed by atoms with E-state index in [1.807, 2.05) is 24.3 Å². The van der Waals surface area contributed by atoms with E-state index < -0.39 is 12.1 Å². The van der Waals surface area contributed by atoms with Crippen molar-refractivity contribution >= 4 is 22.8 Å². The van der Waals surface area contributed by atoms with Crippen molar-refractivity contribution in [1.82, 2.24) is 10.3 Å². The second kappa shape index (κ2) is 7.51. The van der Waals surface area contributed by atoms with Gasteiger partial charge in [0.2, 0.25) is 0 Å². The van der Waals surface area contributed by atoms with Crippen molar-refractivity contribution in [3.8, 4) is 0 Å². The van der Waals surface area contributed by atoms with E-state index in [4.69, 9.17) is 4.74 Å². The summed E-state index contributed by atoms with van der Waals surface area (Å²) in [5, 5.41) is 3.83. The van der Waals surface area contributed by atoms with Gasteiger partial charge in [-0.3, -0.25) is 4.79 Å². The molecule has 2 aromatic rings. The molecule has 128 valence electrons. The van der Waals surface area contributed by atoms with Crippen LogP contribution >= 0.6 is 0 Å². The summed E-state index contributed by atoms with van der Waals surface area (Å²) in [7, 11) is 0. The molecule has 1 saturated carbocycles. The van der Waals surface area contributed by atoms with Crippen LogP contribution in [0.1, 0.15) is 55.8 Å². The summed E-state index contributed by atoms with van der Waals surface area (Å²) in [4.78, 5) is 27.7. The van der Waals surface area contributed by atoms with Gasteiger partial charge in [0.05, 0.1) is 5.56 Å². The molecule has 1 aromatic carbocycles. The topological polar surface area (TPSA) is 71.2 Å². The Kier molecular flexibility index (Phi) is 5.18. The molecule has 3 rings (SSSR count). The number of amides is 1. The Morgan fingerprint density at radius 2 is 1.88 bits per heavy atom. The van der Waals surface area contributed by atoms with Crippen molar-refractivity contribution in [2.24, 2.45) is 0 Å². The number of carbonyl (C=O) groups is 2. The number of fused-ring (bicyclic) bond motifs is 1. The molecule has 0 radical (unpaired) electrons. The number of esters is 1. The molecule has 1 heterocycles. The Morgan fingerprint density at radius 3 is 2.62 bits per heavy atom. The molecule has 1 atom stereocenters. The summed E-state index contributed by atoms with van der Waals surface area (Å²) >= 11 is 0. The normalized spacial score (nSPS) is 17.2. The fourth-order valence-corrected chi connectivity index (χ4v) is 3.26. The first-order valence-electron chi connectivity index (χ1n) is 8.72. The fourth-order valence-electron chi connectivity index (χ4n) is 3.26. The first kappa shape index (κ1) is 16.6. The molecule has 0 unspecified atom stereocenters. The zero-order valence-corrected chi connectivity index (χ0v) is 14.0. The van der Waals surface area contributed by atoms with E-state index in [2.05, 4.69) is 10.3 Å². The van der Waals surface area contributed by atoms with Crippen molar-refractivity contribution in [3.63, 3.8) is 0 Å². The lowest BCUT2D eigenvalue weighted by Crippen LogP contribution is -2.41. The maximum atomic E-state index is 12.4. The van der Waals surface area contributed by atoms with E-state index in [-0.39, 0.29) is 11.9 Å². The highest BCUT2D eigenvalue weighted by Crippen LogP contribution is 2.20. The molecule has 2 N–H and O–H groups in total. The second-order valence-electron chi connectivity index (χ2n) is 6.49. The SMILES string of the molecule is C[C@H](OC(=O)c1c[nH]c2ccccc12)C(=O)NC1CCCCCC1. The molecule has 0 bridgehead atoms. The first-order valence-corrected chi connectivity index (χ1v) is 8.72. The second-order valence-corrected chi connectivity index (χ2v) is 6.49. The summed E-state index contributed by atoms with van der Waals surface area (Å²) in [6, 6.07) is 7.73. The van der Waals surface area contributed by atoms with Crippen LogP contribution in [-0.2, 0) is 9.53 Å². The lowest BCUT2D eigenvalue weighted by Gasteiger charge is -2.19. The number of benzene rings is 1. The van der Waals surface area contributed by atoms with Gasteiger partial charge in [-0.25, -0.2) is 4.79 Å². The van der Waals surface area contributed by atoms with Crippen LogP contribution in [0, 0.1) is 0 Å². The fraction of sp³-hybridized carbons (Fsp3) is 0.474. The number of rotatable bonds is 4. The third-order valence-corrected chi connectivity index (χ3v) is 4.66. The minimum Gasteiger partial charge on any atom is -0.449 e. The highest BCUT2D eigenvalue weighted by Gasteiger charge is 2.23. The Bertz CT molecular complexity index is 714. The van der Waals surface area contributed by atoms with Crippen LogP contribution in [-0.4, -0.2) is 29.0 Å². The predicted molar refractivity (Wildman–Crippen MR) is 92.8 cm³/mol. The summed E-state index contributed by atoms with van der Waals surface area (Å²) < 4.78 is 5.37. The smallest absolute Gasteiger partial charge is 0.341 e. The number of carbonyl (C=O) groups excluding carboxylic acids is 2. The number of hydrogen-bond acceptors (Lipinski definition) is 3. The Balaban J connectivity index is 1.60. The van der Waals surface area contributed by atoms with Gasteiger partial charge in [-0.15, -0.1) is 0 Å². The van der Waals surface area contributed by atoms with Crippen molar-refractivity contribution < 1.29 is 14.3 Å². The van der Waals surface area contributed by atoms with Gasteiger partial charge in [0.1, 0.15) is 0 Å². The van der Waals surface area contributed by atoms with Crippen molar-refractivity contribution in [2.45, 2.75) is 57.6 Å². The van der Waals surface area contributed by atoms with Gasteiger partial charge in [-0.05, 0) is 25.8 Å². The van der Waals surface area contributed by atoms with Crippen LogP contribution in [0.5, 0.6) is 0 Å². The van der Waals surface area contributed by atoms with Crippen molar-refractivity contribution in [1.29, 1.82) is 0 Å².